The molecule has 1 nitrogen and oxygen atoms in total. The van der Waals surface area contributed by atoms with E-state index < -0.39 is 0 Å². The standard InChI is InChI=1S/FH.H3NP2/c;2-1-3/h1H;2H,3H2. The van der Waals surface area contributed by atoms with Gasteiger partial charge in [-0.1, -0.05) is 0 Å². The van der Waals surface area contributed by atoms with Gasteiger partial charge in [0.15, 0.2) is 0 Å². The summed E-state index contributed by atoms with van der Waals surface area (Å²) in [6.07, 6.45) is 0. The molecule has 0 bridgehead atoms. The minimum absolute atomic E-state index is 0. The smallest absolute Gasteiger partial charge is 0.00890 e. The van der Waals surface area contributed by atoms with Crippen molar-refractivity contribution in [1.29, 1.82) is 0 Å². The fourth-order valence-electron chi connectivity index (χ4n) is 0. The molecule has 1 atom stereocenters. The van der Waals surface area contributed by atoms with Gasteiger partial charge < -0.3 is 0 Å². The fourth-order valence-corrected chi connectivity index (χ4v) is 0. The zero-order valence-electron chi connectivity index (χ0n) is 1.93. The van der Waals surface area contributed by atoms with Gasteiger partial charge in [-0.25, -0.2) is 0 Å². The molecule has 4 heteroatoms. The van der Waals surface area contributed by atoms with Crippen LogP contribution in [-0.2, 0) is 0 Å². The van der Waals surface area contributed by atoms with Crippen molar-refractivity contribution >= 4 is 18.4 Å². The van der Waals surface area contributed by atoms with Gasteiger partial charge in [-0.05, 0) is 18.4 Å². The first kappa shape index (κ1) is 8.82. The highest BCUT2D eigenvalue weighted by molar-refractivity contribution is 7.23. The highest BCUT2D eigenvalue weighted by atomic mass is 31.1. The van der Waals surface area contributed by atoms with Crippen LogP contribution in [0.1, 0.15) is 0 Å². The highest BCUT2D eigenvalue weighted by Gasteiger charge is 1.10. The Morgan fingerprint density at radius 2 is 1.75 bits per heavy atom. The molecule has 0 fully saturated rings. The molecule has 0 rings (SSSR count). The van der Waals surface area contributed by atoms with E-state index in [2.05, 4.69) is 22.9 Å². The van der Waals surface area contributed by atoms with Crippen LogP contribution in [0.3, 0.4) is 0 Å². The van der Waals surface area contributed by atoms with E-state index in [9.17, 15) is 0 Å². The van der Waals surface area contributed by atoms with Crippen LogP contribution in [0.4, 0.5) is 4.70 Å². The van der Waals surface area contributed by atoms with Crippen molar-refractivity contribution in [3.8, 4) is 0 Å². The van der Waals surface area contributed by atoms with E-state index in [1.54, 1.807) is 0 Å². The second-order valence-electron chi connectivity index (χ2n) is 0.129. The van der Waals surface area contributed by atoms with Crippen molar-refractivity contribution < 1.29 is 4.70 Å². The molecule has 0 radical (unpaired) electrons. The van der Waals surface area contributed by atoms with E-state index in [0.717, 1.165) is 0 Å². The summed E-state index contributed by atoms with van der Waals surface area (Å²) in [4.78, 5) is 0. The third-order valence-electron chi connectivity index (χ3n) is 0. The molecule has 0 saturated carbocycles. The molecule has 0 spiro atoms. The Kier molecular flexibility index (Phi) is 21.7. The van der Waals surface area contributed by atoms with Crippen LogP contribution < -0.4 is 0 Å². The Balaban J connectivity index is 0. The number of hydrogen-bond donors (Lipinski definition) is 0. The molecule has 0 aliphatic rings. The topological polar surface area (TPSA) is 12.4 Å². The van der Waals surface area contributed by atoms with Gasteiger partial charge in [-0.3, -0.25) is 9.22 Å². The lowest BCUT2D eigenvalue weighted by atomic mass is 13.9. The van der Waals surface area contributed by atoms with Gasteiger partial charge in [-0.2, -0.15) is 0 Å². The number of rotatable bonds is 0. The average Bonchev–Trinajstić information content (AvgIpc) is 0.918. The summed E-state index contributed by atoms with van der Waals surface area (Å²) in [6, 6.07) is 0. The SMILES string of the molecule is F.P=NP. The number of nitrogens with zero attached hydrogens (tertiary/aromatic N) is 1. The molecule has 0 aromatic heterocycles. The number of halogens is 1. The van der Waals surface area contributed by atoms with E-state index in [0.29, 0.717) is 0 Å². The Morgan fingerprint density at radius 3 is 1.75 bits per heavy atom. The monoisotopic (exact) mass is 99.0 g/mol. The van der Waals surface area contributed by atoms with Crippen LogP contribution in [0.25, 0.3) is 0 Å². The van der Waals surface area contributed by atoms with Crippen molar-refractivity contribution in [1.82, 2.24) is 0 Å². The molecule has 26 valence electrons. The van der Waals surface area contributed by atoms with Crippen molar-refractivity contribution in [3.05, 3.63) is 0 Å². The second kappa shape index (κ2) is 9.82. The molecule has 0 N–H and O–H groups in total. The Bertz CT molecular complexity index is 13.5. The first-order valence-corrected chi connectivity index (χ1v) is 1.45. The largest absolute Gasteiger partial charge is 0.269 e. The minimum atomic E-state index is 0. The predicted molar refractivity (Wildman–Crippen MR) is 23.0 cm³/mol. The molecule has 0 aromatic carbocycles. The van der Waals surface area contributed by atoms with Crippen molar-refractivity contribution in [2.24, 2.45) is 4.52 Å². The minimum Gasteiger partial charge on any atom is -0.269 e. The predicted octanol–water partition coefficient (Wildman–Crippen LogP) is 1.26. The molecular formula is H4FNP2. The fraction of sp³-hybridized carbons (Fsp3) is 0. The highest BCUT2D eigenvalue weighted by Crippen LogP contribution is 1.79. The molecule has 1 unspecified atom stereocenters. The summed E-state index contributed by atoms with van der Waals surface area (Å²) in [6.45, 7) is 0. The van der Waals surface area contributed by atoms with Gasteiger partial charge in [-0.15, -0.1) is 0 Å². The molecule has 4 heavy (non-hydrogen) atoms. The quantitative estimate of drug-likeness (QED) is 0.405. The first-order chi connectivity index (χ1) is 1.41. The van der Waals surface area contributed by atoms with E-state index >= 15 is 0 Å². The number of hydrogen-bond acceptors (Lipinski definition) is 1. The molecule has 0 amide bonds. The molecule has 0 saturated heterocycles. The van der Waals surface area contributed by atoms with Gasteiger partial charge in [0.2, 0.25) is 0 Å². The van der Waals surface area contributed by atoms with Crippen LogP contribution in [0, 0.1) is 0 Å². The molecule has 0 aromatic rings. The van der Waals surface area contributed by atoms with Crippen LogP contribution in [0.2, 0.25) is 0 Å². The summed E-state index contributed by atoms with van der Waals surface area (Å²) < 4.78 is 3.22. The van der Waals surface area contributed by atoms with Crippen molar-refractivity contribution in [3.63, 3.8) is 0 Å². The Labute approximate surface area is 28.7 Å². The lowest BCUT2D eigenvalue weighted by molar-refractivity contribution is 1.11. The summed E-state index contributed by atoms with van der Waals surface area (Å²) in [5.74, 6) is 0. The summed E-state index contributed by atoms with van der Waals surface area (Å²) in [7, 11) is 4.89. The molecular weight excluding hydrogens is 95.0 g/mol. The van der Waals surface area contributed by atoms with E-state index in [1.807, 2.05) is 0 Å². The summed E-state index contributed by atoms with van der Waals surface area (Å²) in [5, 5.41) is 0. The Morgan fingerprint density at radius 1 is 1.75 bits per heavy atom. The maximum Gasteiger partial charge on any atom is -0.00890 e. The summed E-state index contributed by atoms with van der Waals surface area (Å²) in [5.41, 5.74) is 0. The third-order valence-corrected chi connectivity index (χ3v) is 0. The van der Waals surface area contributed by atoms with Gasteiger partial charge in [0.05, 0.1) is 0 Å². The zero-order chi connectivity index (χ0) is 2.71. The average molecular weight is 99.0 g/mol. The van der Waals surface area contributed by atoms with E-state index in [1.165, 1.54) is 0 Å². The lowest BCUT2D eigenvalue weighted by Crippen LogP contribution is -0.748. The Hall–Kier alpha value is 0.460. The maximum atomic E-state index is 3.22. The maximum absolute atomic E-state index is 3.22. The molecule has 0 heterocycles. The van der Waals surface area contributed by atoms with Crippen LogP contribution >= 0.6 is 18.4 Å². The molecule has 0 aliphatic carbocycles. The van der Waals surface area contributed by atoms with Gasteiger partial charge in [0.1, 0.15) is 0 Å². The van der Waals surface area contributed by atoms with Crippen LogP contribution in [0.15, 0.2) is 4.52 Å². The van der Waals surface area contributed by atoms with Crippen LogP contribution in [0.5, 0.6) is 0 Å². The second-order valence-corrected chi connectivity index (χ2v) is 1.16. The van der Waals surface area contributed by atoms with Gasteiger partial charge >= 0.3 is 0 Å². The lowest BCUT2D eigenvalue weighted by Gasteiger charge is -1.36. The van der Waals surface area contributed by atoms with Gasteiger partial charge in [0.25, 0.3) is 0 Å². The van der Waals surface area contributed by atoms with E-state index in [-0.39, 0.29) is 4.70 Å². The first-order valence-electron chi connectivity index (χ1n) is 0.482. The summed E-state index contributed by atoms with van der Waals surface area (Å²) >= 11 is 0. The third kappa shape index (κ3) is 24.8. The zero-order valence-corrected chi connectivity index (χ0v) is 4.09. The van der Waals surface area contributed by atoms with Crippen LogP contribution in [-0.4, -0.2) is 0 Å². The van der Waals surface area contributed by atoms with Crippen molar-refractivity contribution in [2.45, 2.75) is 0 Å². The van der Waals surface area contributed by atoms with Crippen molar-refractivity contribution in [2.75, 3.05) is 0 Å². The normalized spacial score (nSPS) is 3.25. The molecule has 0 aliphatic heterocycles. The van der Waals surface area contributed by atoms with Gasteiger partial charge in [0, 0.05) is 0 Å². The van der Waals surface area contributed by atoms with E-state index in [4.69, 9.17) is 0 Å².